The van der Waals surface area contributed by atoms with Crippen molar-refractivity contribution in [1.29, 1.82) is 0 Å². The Morgan fingerprint density at radius 2 is 1.67 bits per heavy atom. The summed E-state index contributed by atoms with van der Waals surface area (Å²) in [7, 11) is -1.46. The Balaban J connectivity index is 0.000000332. The quantitative estimate of drug-likeness (QED) is 0.0788. The Bertz CT molecular complexity index is 1990. The summed E-state index contributed by atoms with van der Waals surface area (Å²) in [5.41, 5.74) is 5.33. The number of hydrogen-bond donors (Lipinski definition) is 1. The summed E-state index contributed by atoms with van der Waals surface area (Å²) in [5.74, 6) is 0.161. The Labute approximate surface area is 284 Å². The molecule has 0 saturated heterocycles. The van der Waals surface area contributed by atoms with E-state index in [0.717, 1.165) is 22.3 Å². The van der Waals surface area contributed by atoms with Gasteiger partial charge in [-0.05, 0) is 45.1 Å². The number of aromatic nitrogens is 2. The van der Waals surface area contributed by atoms with Crippen LogP contribution in [-0.4, -0.2) is 28.9 Å². The normalized spacial score (nSPS) is 12.0. The first-order valence-corrected chi connectivity index (χ1v) is 19.4. The summed E-state index contributed by atoms with van der Waals surface area (Å²) in [5, 5.41) is 14.4. The number of rotatable bonds is 6. The molecule has 0 aliphatic heterocycles. The summed E-state index contributed by atoms with van der Waals surface area (Å²) < 4.78 is 2.53. The van der Waals surface area contributed by atoms with Crippen molar-refractivity contribution in [1.82, 2.24) is 9.97 Å². The zero-order valence-corrected chi connectivity index (χ0v) is 31.0. The van der Waals surface area contributed by atoms with Crippen molar-refractivity contribution in [2.45, 2.75) is 47.3 Å². The molecule has 3 aromatic heterocycles. The standard InChI is InChI=1S/C29H23N2SSi.C9H16O2.Ir/c1-33(2,3)20-13-14-26-25(16-20)24(19-8-7-15-30-18-19)17-27(31-26)23-11-6-10-22-21-9-4-5-12-28(21)32-29(22)23;1-6(2)8(10)5-9(11)7(3)4;/h4-10,12-18H,1-3H3;5-7,10H,1-4H3;/q-1;;/b;8-5-;. The number of hydrogen-bond acceptors (Lipinski definition) is 5. The van der Waals surface area contributed by atoms with E-state index in [9.17, 15) is 9.90 Å². The fourth-order valence-corrected chi connectivity index (χ4v) is 7.31. The number of benzene rings is 3. The van der Waals surface area contributed by atoms with Crippen LogP contribution >= 0.6 is 11.3 Å². The summed E-state index contributed by atoms with van der Waals surface area (Å²) in [6.45, 7) is 14.5. The van der Waals surface area contributed by atoms with Crippen LogP contribution in [0.25, 0.3) is 53.5 Å². The Morgan fingerprint density at radius 1 is 0.911 bits per heavy atom. The first-order valence-electron chi connectivity index (χ1n) is 15.1. The van der Waals surface area contributed by atoms with Crippen LogP contribution in [0.3, 0.4) is 0 Å². The molecule has 1 radical (unpaired) electrons. The second-order valence-electron chi connectivity index (χ2n) is 12.8. The number of allylic oxidation sites excluding steroid dienone is 2. The first-order chi connectivity index (χ1) is 20.9. The van der Waals surface area contributed by atoms with Crippen molar-refractivity contribution in [2.24, 2.45) is 11.8 Å². The number of aliphatic hydroxyl groups excluding tert-OH is 1. The van der Waals surface area contributed by atoms with Crippen LogP contribution in [0.15, 0.2) is 97.0 Å². The molecule has 1 N–H and O–H groups in total. The van der Waals surface area contributed by atoms with Gasteiger partial charge in [-0.25, -0.2) is 0 Å². The molecule has 0 aliphatic carbocycles. The molecule has 233 valence electrons. The minimum Gasteiger partial charge on any atom is -0.512 e. The van der Waals surface area contributed by atoms with Crippen LogP contribution in [0.2, 0.25) is 19.6 Å². The van der Waals surface area contributed by atoms with Gasteiger partial charge in [-0.1, -0.05) is 100 Å². The van der Waals surface area contributed by atoms with Gasteiger partial charge >= 0.3 is 0 Å². The summed E-state index contributed by atoms with van der Waals surface area (Å²) >= 11 is 1.82. The van der Waals surface area contributed by atoms with Crippen molar-refractivity contribution in [3.63, 3.8) is 0 Å². The number of aliphatic hydroxyl groups is 1. The van der Waals surface area contributed by atoms with Crippen molar-refractivity contribution < 1.29 is 30.0 Å². The molecule has 0 fully saturated rings. The number of fused-ring (bicyclic) bond motifs is 4. The minimum absolute atomic E-state index is 0. The summed E-state index contributed by atoms with van der Waals surface area (Å²) in [4.78, 5) is 20.6. The number of carbonyl (C=O) groups is 1. The summed E-state index contributed by atoms with van der Waals surface area (Å²) in [6.07, 6.45) is 5.09. The molecule has 0 bridgehead atoms. The van der Waals surface area contributed by atoms with Gasteiger partial charge in [-0.3, -0.25) is 14.8 Å². The van der Waals surface area contributed by atoms with Crippen molar-refractivity contribution in [3.8, 4) is 22.4 Å². The minimum atomic E-state index is -1.46. The molecule has 3 heterocycles. The predicted octanol–water partition coefficient (Wildman–Crippen LogP) is 9.98. The number of nitrogens with zero attached hydrogens (tertiary/aromatic N) is 2. The SMILES string of the molecule is CC(C)C(=O)/C=C(\O)C(C)C.C[Si](C)(C)c1ccc2nc(-c3[c-]ccc4c3sc3ccccc34)cc(-c3cccnc3)c2c1.[Ir]. The second kappa shape index (κ2) is 14.3. The third-order valence-electron chi connectivity index (χ3n) is 7.69. The van der Waals surface area contributed by atoms with Gasteiger partial charge < -0.3 is 5.11 Å². The number of pyridine rings is 2. The maximum Gasteiger partial charge on any atom is 0.161 e. The van der Waals surface area contributed by atoms with Crippen molar-refractivity contribution >= 4 is 61.5 Å². The van der Waals surface area contributed by atoms with E-state index in [-0.39, 0.29) is 43.5 Å². The van der Waals surface area contributed by atoms with E-state index in [2.05, 4.69) is 91.4 Å². The average molecular weight is 808 g/mol. The maximum absolute atomic E-state index is 11.0. The van der Waals surface area contributed by atoms with Gasteiger partial charge in [-0.2, -0.15) is 11.3 Å². The Morgan fingerprint density at radius 3 is 2.33 bits per heavy atom. The second-order valence-corrected chi connectivity index (χ2v) is 18.9. The van der Waals surface area contributed by atoms with E-state index < -0.39 is 8.07 Å². The zero-order valence-electron chi connectivity index (χ0n) is 26.8. The fraction of sp³-hybridized carbons (Fsp3) is 0.237. The molecule has 0 amide bonds. The first kappa shape index (κ1) is 34.4. The van der Waals surface area contributed by atoms with Crippen molar-refractivity contribution in [2.75, 3.05) is 0 Å². The van der Waals surface area contributed by atoms with E-state index in [4.69, 9.17) is 4.98 Å². The number of thiophene rings is 1. The monoisotopic (exact) mass is 808 g/mol. The molecular formula is C38H39IrN2O2SSi-. The maximum atomic E-state index is 11.0. The van der Waals surface area contributed by atoms with Crippen LogP contribution in [0.4, 0.5) is 0 Å². The molecule has 7 heteroatoms. The van der Waals surface area contributed by atoms with E-state index in [1.807, 2.05) is 63.6 Å². The Kier molecular flexibility index (Phi) is 10.9. The van der Waals surface area contributed by atoms with Gasteiger partial charge in [0.25, 0.3) is 0 Å². The molecule has 0 spiro atoms. The van der Waals surface area contributed by atoms with E-state index >= 15 is 0 Å². The van der Waals surface area contributed by atoms with Gasteiger partial charge in [0.15, 0.2) is 5.78 Å². The van der Waals surface area contributed by atoms with Crippen LogP contribution in [0.5, 0.6) is 0 Å². The van der Waals surface area contributed by atoms with Gasteiger partial charge in [-0.15, -0.1) is 23.8 Å². The Hall–Kier alpha value is -3.48. The third kappa shape index (κ3) is 7.67. The van der Waals surface area contributed by atoms with E-state index in [1.165, 1.54) is 42.4 Å². The van der Waals surface area contributed by atoms with Crippen LogP contribution in [0, 0.1) is 17.9 Å². The predicted molar refractivity (Wildman–Crippen MR) is 191 cm³/mol. The molecule has 0 saturated carbocycles. The zero-order chi connectivity index (χ0) is 31.6. The molecule has 6 aromatic rings. The molecule has 6 rings (SSSR count). The third-order valence-corrected chi connectivity index (χ3v) is 10.9. The van der Waals surface area contributed by atoms with Gasteiger partial charge in [0, 0.05) is 60.5 Å². The molecule has 3 aromatic carbocycles. The summed E-state index contributed by atoms with van der Waals surface area (Å²) in [6, 6.07) is 29.5. The molecule has 0 unspecified atom stereocenters. The fourth-order valence-electron chi connectivity index (χ4n) is 4.94. The number of carbonyl (C=O) groups excluding carboxylic acids is 1. The molecule has 4 nitrogen and oxygen atoms in total. The number of ketones is 1. The molecule has 0 aliphatic rings. The van der Waals surface area contributed by atoms with Gasteiger partial charge in [0.1, 0.15) is 0 Å². The molecular weight excluding hydrogens is 769 g/mol. The smallest absolute Gasteiger partial charge is 0.161 e. The molecule has 45 heavy (non-hydrogen) atoms. The topological polar surface area (TPSA) is 63.1 Å². The van der Waals surface area contributed by atoms with Crippen LogP contribution < -0.4 is 5.19 Å². The van der Waals surface area contributed by atoms with Gasteiger partial charge in [0.2, 0.25) is 0 Å². The van der Waals surface area contributed by atoms with E-state index in [1.54, 1.807) is 0 Å². The largest absolute Gasteiger partial charge is 0.512 e. The average Bonchev–Trinajstić information content (AvgIpc) is 3.39. The van der Waals surface area contributed by atoms with Crippen LogP contribution in [0.1, 0.15) is 27.7 Å². The molecule has 0 atom stereocenters. The van der Waals surface area contributed by atoms with Crippen LogP contribution in [-0.2, 0) is 24.9 Å². The van der Waals surface area contributed by atoms with Crippen molar-refractivity contribution in [3.05, 3.63) is 103 Å². The van der Waals surface area contributed by atoms with Gasteiger partial charge in [0.05, 0.1) is 19.3 Å². The van der Waals surface area contributed by atoms with E-state index in [0.29, 0.717) is 0 Å².